The van der Waals surface area contributed by atoms with Crippen molar-refractivity contribution in [2.24, 2.45) is 0 Å². The van der Waals surface area contributed by atoms with Crippen LogP contribution in [0.1, 0.15) is 5.69 Å². The van der Waals surface area contributed by atoms with Crippen LogP contribution in [0.15, 0.2) is 36.4 Å². The summed E-state index contributed by atoms with van der Waals surface area (Å²) in [6.45, 7) is 1.85. The highest BCUT2D eigenvalue weighted by atomic mass is 35.5. The van der Waals surface area contributed by atoms with Gasteiger partial charge in [0.2, 0.25) is 0 Å². The molecule has 100 valence electrons. The quantitative estimate of drug-likeness (QED) is 0.628. The Hall–Kier alpha value is -1.71. The van der Waals surface area contributed by atoms with E-state index in [0.717, 1.165) is 11.3 Å². The largest absolute Gasteiger partial charge is 0.249 e. The van der Waals surface area contributed by atoms with Crippen LogP contribution in [0.2, 0.25) is 10.0 Å². The fourth-order valence-electron chi connectivity index (χ4n) is 2.02. The maximum absolute atomic E-state index is 13.0. The molecule has 3 rings (SSSR count). The van der Waals surface area contributed by atoms with E-state index in [1.165, 1.54) is 12.1 Å². The molecule has 0 unspecified atom stereocenters. The molecule has 0 radical (unpaired) electrons. The fraction of sp³-hybridized carbons (Fsp3) is 0.0667. The van der Waals surface area contributed by atoms with Crippen molar-refractivity contribution in [1.82, 2.24) is 9.97 Å². The predicted octanol–water partition coefficient (Wildman–Crippen LogP) is 5.05. The number of benzene rings is 2. The van der Waals surface area contributed by atoms with Gasteiger partial charge in [-0.3, -0.25) is 0 Å². The van der Waals surface area contributed by atoms with Gasteiger partial charge in [-0.15, -0.1) is 0 Å². The van der Waals surface area contributed by atoms with Gasteiger partial charge in [0.05, 0.1) is 32.5 Å². The van der Waals surface area contributed by atoms with Crippen LogP contribution < -0.4 is 0 Å². The van der Waals surface area contributed by atoms with Crippen LogP contribution >= 0.6 is 23.2 Å². The summed E-state index contributed by atoms with van der Waals surface area (Å²) >= 11 is 12.0. The molecule has 1 heterocycles. The third-order valence-corrected chi connectivity index (χ3v) is 3.72. The zero-order valence-corrected chi connectivity index (χ0v) is 12.0. The van der Waals surface area contributed by atoms with Gasteiger partial charge in [-0.2, -0.15) is 0 Å². The monoisotopic (exact) mass is 306 g/mol. The minimum Gasteiger partial charge on any atom is -0.249 e. The number of rotatable bonds is 1. The van der Waals surface area contributed by atoms with E-state index in [1.54, 1.807) is 24.3 Å². The molecule has 0 amide bonds. The Morgan fingerprint density at radius 3 is 2.05 bits per heavy atom. The molecule has 20 heavy (non-hydrogen) atoms. The van der Waals surface area contributed by atoms with Crippen molar-refractivity contribution >= 4 is 34.2 Å². The number of nitrogens with zero attached hydrogens (tertiary/aromatic N) is 2. The number of halogens is 3. The zero-order valence-electron chi connectivity index (χ0n) is 10.5. The normalized spacial score (nSPS) is 11.0. The third-order valence-electron chi connectivity index (χ3n) is 3.00. The van der Waals surface area contributed by atoms with E-state index in [4.69, 9.17) is 23.2 Å². The average Bonchev–Trinajstić information content (AvgIpc) is 2.41. The summed E-state index contributed by atoms with van der Waals surface area (Å²) in [4.78, 5) is 9.03. The fourth-order valence-corrected chi connectivity index (χ4v) is 2.34. The van der Waals surface area contributed by atoms with Gasteiger partial charge in [0, 0.05) is 5.56 Å². The van der Waals surface area contributed by atoms with Crippen molar-refractivity contribution < 1.29 is 4.39 Å². The molecule has 0 atom stereocenters. The van der Waals surface area contributed by atoms with Crippen LogP contribution in [0.4, 0.5) is 4.39 Å². The predicted molar refractivity (Wildman–Crippen MR) is 79.7 cm³/mol. The number of aryl methyl sites for hydroxylation is 1. The van der Waals surface area contributed by atoms with Crippen molar-refractivity contribution in [3.8, 4) is 11.3 Å². The van der Waals surface area contributed by atoms with E-state index in [2.05, 4.69) is 9.97 Å². The summed E-state index contributed by atoms with van der Waals surface area (Å²) in [5, 5.41) is 0.879. The molecule has 1 aromatic heterocycles. The minimum absolute atomic E-state index is 0.282. The highest BCUT2D eigenvalue weighted by molar-refractivity contribution is 6.42. The molecule has 0 aliphatic heterocycles. The summed E-state index contributed by atoms with van der Waals surface area (Å²) in [6.07, 6.45) is 0. The number of aromatic nitrogens is 2. The summed E-state index contributed by atoms with van der Waals surface area (Å²) in [5.74, 6) is -0.282. The molecule has 0 saturated heterocycles. The van der Waals surface area contributed by atoms with Crippen LogP contribution in [0.25, 0.3) is 22.3 Å². The molecule has 5 heteroatoms. The Morgan fingerprint density at radius 2 is 1.45 bits per heavy atom. The lowest BCUT2D eigenvalue weighted by Gasteiger charge is -2.07. The van der Waals surface area contributed by atoms with Crippen molar-refractivity contribution in [3.05, 3.63) is 58.0 Å². The van der Waals surface area contributed by atoms with Crippen LogP contribution in [0.5, 0.6) is 0 Å². The number of hydrogen-bond acceptors (Lipinski definition) is 2. The maximum Gasteiger partial charge on any atom is 0.123 e. The molecule has 0 saturated carbocycles. The standard InChI is InChI=1S/C15H9Cl2FN2/c1-8-15(9-2-4-10(18)5-3-9)20-14-7-12(17)11(16)6-13(14)19-8/h2-7H,1H3. The van der Waals surface area contributed by atoms with Gasteiger partial charge in [-0.1, -0.05) is 23.2 Å². The van der Waals surface area contributed by atoms with Crippen LogP contribution in [-0.4, -0.2) is 9.97 Å². The highest BCUT2D eigenvalue weighted by Crippen LogP contribution is 2.29. The summed E-state index contributed by atoms with van der Waals surface area (Å²) in [5.41, 5.74) is 3.61. The van der Waals surface area contributed by atoms with Gasteiger partial charge in [0.25, 0.3) is 0 Å². The van der Waals surface area contributed by atoms with Gasteiger partial charge in [-0.25, -0.2) is 14.4 Å². The van der Waals surface area contributed by atoms with E-state index in [1.807, 2.05) is 6.92 Å². The zero-order chi connectivity index (χ0) is 14.3. The average molecular weight is 307 g/mol. The first-order valence-corrected chi connectivity index (χ1v) is 6.69. The third kappa shape index (κ3) is 2.35. The second kappa shape index (κ2) is 5.00. The Balaban J connectivity index is 2.23. The van der Waals surface area contributed by atoms with Crippen LogP contribution in [0.3, 0.4) is 0 Å². The smallest absolute Gasteiger partial charge is 0.123 e. The number of fused-ring (bicyclic) bond motifs is 1. The summed E-state index contributed by atoms with van der Waals surface area (Å²) in [7, 11) is 0. The Morgan fingerprint density at radius 1 is 0.900 bits per heavy atom. The molecule has 0 spiro atoms. The van der Waals surface area contributed by atoms with Gasteiger partial charge in [0.15, 0.2) is 0 Å². The summed E-state index contributed by atoms with van der Waals surface area (Å²) < 4.78 is 13.0. The Bertz CT molecular complexity index is 801. The van der Waals surface area contributed by atoms with Gasteiger partial charge in [0.1, 0.15) is 5.82 Å². The lowest BCUT2D eigenvalue weighted by molar-refractivity contribution is 0.628. The first-order chi connectivity index (χ1) is 9.54. The SMILES string of the molecule is Cc1nc2cc(Cl)c(Cl)cc2nc1-c1ccc(F)cc1. The first-order valence-electron chi connectivity index (χ1n) is 5.94. The van der Waals surface area contributed by atoms with Crippen molar-refractivity contribution in [3.63, 3.8) is 0 Å². The van der Waals surface area contributed by atoms with E-state index in [-0.39, 0.29) is 5.82 Å². The molecule has 3 aromatic rings. The topological polar surface area (TPSA) is 25.8 Å². The molecule has 2 aromatic carbocycles. The molecular formula is C15H9Cl2FN2. The van der Waals surface area contributed by atoms with Crippen LogP contribution in [-0.2, 0) is 0 Å². The van der Waals surface area contributed by atoms with Gasteiger partial charge >= 0.3 is 0 Å². The van der Waals surface area contributed by atoms with Gasteiger partial charge in [-0.05, 0) is 43.3 Å². The lowest BCUT2D eigenvalue weighted by Crippen LogP contribution is -1.94. The lowest BCUT2D eigenvalue weighted by atomic mass is 10.1. The molecule has 0 aliphatic rings. The molecule has 0 N–H and O–H groups in total. The Labute approximate surface area is 125 Å². The van der Waals surface area contributed by atoms with Crippen molar-refractivity contribution in [1.29, 1.82) is 0 Å². The second-order valence-electron chi connectivity index (χ2n) is 4.42. The van der Waals surface area contributed by atoms with Crippen molar-refractivity contribution in [2.45, 2.75) is 6.92 Å². The minimum atomic E-state index is -0.282. The maximum atomic E-state index is 13.0. The molecule has 2 nitrogen and oxygen atoms in total. The summed E-state index contributed by atoms with van der Waals surface area (Å²) in [6, 6.07) is 9.52. The molecule has 0 bridgehead atoms. The van der Waals surface area contributed by atoms with Crippen LogP contribution in [0, 0.1) is 12.7 Å². The van der Waals surface area contributed by atoms with Crippen molar-refractivity contribution in [2.75, 3.05) is 0 Å². The second-order valence-corrected chi connectivity index (χ2v) is 5.23. The number of hydrogen-bond donors (Lipinski definition) is 0. The van der Waals surface area contributed by atoms with E-state index in [0.29, 0.717) is 26.8 Å². The van der Waals surface area contributed by atoms with Gasteiger partial charge < -0.3 is 0 Å². The molecular weight excluding hydrogens is 298 g/mol. The van der Waals surface area contributed by atoms with E-state index >= 15 is 0 Å². The molecule has 0 aliphatic carbocycles. The molecule has 0 fully saturated rings. The highest BCUT2D eigenvalue weighted by Gasteiger charge is 2.10. The van der Waals surface area contributed by atoms with E-state index < -0.39 is 0 Å². The van der Waals surface area contributed by atoms with E-state index in [9.17, 15) is 4.39 Å². The first kappa shape index (κ1) is 13.3. The Kier molecular flexibility index (Phi) is 3.32.